The molecule has 2 aromatic rings. The minimum Gasteiger partial charge on any atom is -0.369 e. The number of fused-ring (bicyclic) bond motifs is 1. The van der Waals surface area contributed by atoms with E-state index < -0.39 is 0 Å². The van der Waals surface area contributed by atoms with E-state index in [0.717, 1.165) is 6.29 Å². The van der Waals surface area contributed by atoms with Crippen LogP contribution < -0.4 is 5.73 Å². The van der Waals surface area contributed by atoms with E-state index in [0.29, 0.717) is 17.2 Å². The number of anilines is 1. The topological polar surface area (TPSA) is 73.3 Å². The van der Waals surface area contributed by atoms with Crippen LogP contribution in [0.4, 0.5) is 5.95 Å². The molecule has 0 radical (unpaired) electrons. The van der Waals surface area contributed by atoms with Gasteiger partial charge in [0.1, 0.15) is 12.0 Å². The molecule has 0 aliphatic carbocycles. The Balaban J connectivity index is 2.82. The van der Waals surface area contributed by atoms with E-state index in [1.165, 1.54) is 6.33 Å². The van der Waals surface area contributed by atoms with Gasteiger partial charge in [0.25, 0.3) is 0 Å². The molecule has 0 aromatic carbocycles. The summed E-state index contributed by atoms with van der Waals surface area (Å²) in [6, 6.07) is 1.64. The highest BCUT2D eigenvalue weighted by Gasteiger charge is 2.01. The molecule has 2 heterocycles. The van der Waals surface area contributed by atoms with Crippen LogP contribution in [0.1, 0.15) is 10.4 Å². The van der Waals surface area contributed by atoms with E-state index in [2.05, 4.69) is 9.97 Å². The van der Waals surface area contributed by atoms with Crippen LogP contribution in [0, 0.1) is 0 Å². The summed E-state index contributed by atoms with van der Waals surface area (Å²) in [5, 5.41) is 0. The first-order valence-electron chi connectivity index (χ1n) is 3.35. The molecule has 60 valence electrons. The molecule has 0 fully saturated rings. The maximum atomic E-state index is 10.4. The van der Waals surface area contributed by atoms with Crippen LogP contribution in [0.15, 0.2) is 18.6 Å². The van der Waals surface area contributed by atoms with E-state index in [1.807, 2.05) is 0 Å². The van der Waals surface area contributed by atoms with Crippen LogP contribution in [-0.2, 0) is 0 Å². The van der Waals surface area contributed by atoms with Gasteiger partial charge in [0.2, 0.25) is 5.95 Å². The smallest absolute Gasteiger partial charge is 0.207 e. The second-order valence-electron chi connectivity index (χ2n) is 2.35. The zero-order chi connectivity index (χ0) is 8.55. The van der Waals surface area contributed by atoms with Crippen LogP contribution in [0.3, 0.4) is 0 Å². The molecule has 0 atom stereocenters. The van der Waals surface area contributed by atoms with Crippen LogP contribution in [0.2, 0.25) is 0 Å². The van der Waals surface area contributed by atoms with Crippen LogP contribution >= 0.6 is 0 Å². The second-order valence-corrected chi connectivity index (χ2v) is 2.35. The van der Waals surface area contributed by atoms with Crippen LogP contribution in [0.5, 0.6) is 0 Å². The largest absolute Gasteiger partial charge is 0.369 e. The molecule has 2 N–H and O–H groups in total. The fourth-order valence-electron chi connectivity index (χ4n) is 1.03. The Hall–Kier alpha value is -1.91. The van der Waals surface area contributed by atoms with Crippen molar-refractivity contribution in [2.45, 2.75) is 0 Å². The number of carbonyl (C=O) groups is 1. The second kappa shape index (κ2) is 2.30. The molecule has 0 spiro atoms. The van der Waals surface area contributed by atoms with Crippen molar-refractivity contribution in [3.8, 4) is 0 Å². The van der Waals surface area contributed by atoms with Gasteiger partial charge in [-0.15, -0.1) is 0 Å². The number of nitrogen functional groups attached to an aromatic ring is 1. The molecule has 0 saturated carbocycles. The molecular weight excluding hydrogens is 156 g/mol. The molecule has 5 heteroatoms. The monoisotopic (exact) mass is 162 g/mol. The SMILES string of the molecule is Nc1ncnc2cc(C=O)cn12. The van der Waals surface area contributed by atoms with E-state index in [-0.39, 0.29) is 0 Å². The number of nitrogens with two attached hydrogens (primary N) is 1. The van der Waals surface area contributed by atoms with Crippen molar-refractivity contribution >= 4 is 17.9 Å². The minimum absolute atomic E-state index is 0.327. The third-order valence-corrected chi connectivity index (χ3v) is 1.58. The summed E-state index contributed by atoms with van der Waals surface area (Å²) < 4.78 is 1.56. The van der Waals surface area contributed by atoms with Gasteiger partial charge in [0, 0.05) is 11.8 Å². The maximum Gasteiger partial charge on any atom is 0.207 e. The van der Waals surface area contributed by atoms with Gasteiger partial charge in [0.05, 0.1) is 0 Å². The summed E-state index contributed by atoms with van der Waals surface area (Å²) in [4.78, 5) is 18.1. The van der Waals surface area contributed by atoms with Crippen LogP contribution in [0.25, 0.3) is 5.65 Å². The first kappa shape index (κ1) is 6.78. The molecule has 12 heavy (non-hydrogen) atoms. The Bertz CT molecular complexity index is 434. The van der Waals surface area contributed by atoms with Crippen LogP contribution in [-0.4, -0.2) is 20.7 Å². The Labute approximate surface area is 67.9 Å². The quantitative estimate of drug-likeness (QED) is 0.604. The van der Waals surface area contributed by atoms with Crippen molar-refractivity contribution in [3.63, 3.8) is 0 Å². The highest BCUT2D eigenvalue weighted by Crippen LogP contribution is 2.07. The number of nitrogens with zero attached hydrogens (tertiary/aromatic N) is 3. The normalized spacial score (nSPS) is 10.3. The lowest BCUT2D eigenvalue weighted by molar-refractivity contribution is 0.112. The lowest BCUT2D eigenvalue weighted by atomic mass is 10.4. The first-order chi connectivity index (χ1) is 5.81. The van der Waals surface area contributed by atoms with Crippen molar-refractivity contribution in [1.29, 1.82) is 0 Å². The number of aromatic nitrogens is 3. The van der Waals surface area contributed by atoms with Gasteiger partial charge in [-0.3, -0.25) is 9.20 Å². The van der Waals surface area contributed by atoms with Gasteiger partial charge in [-0.05, 0) is 6.07 Å². The molecule has 0 aliphatic heterocycles. The Kier molecular flexibility index (Phi) is 1.30. The summed E-state index contributed by atoms with van der Waals surface area (Å²) in [5.74, 6) is 0.327. The number of aldehydes is 1. The molecule has 2 rings (SSSR count). The van der Waals surface area contributed by atoms with E-state index in [1.54, 1.807) is 16.7 Å². The van der Waals surface area contributed by atoms with Gasteiger partial charge < -0.3 is 5.73 Å². The highest BCUT2D eigenvalue weighted by atomic mass is 16.1. The van der Waals surface area contributed by atoms with Crippen molar-refractivity contribution < 1.29 is 4.79 Å². The van der Waals surface area contributed by atoms with Crippen molar-refractivity contribution in [2.75, 3.05) is 5.73 Å². The predicted octanol–water partition coefficient (Wildman–Crippen LogP) is 0.124. The van der Waals surface area contributed by atoms with Gasteiger partial charge in [-0.25, -0.2) is 9.97 Å². The third-order valence-electron chi connectivity index (χ3n) is 1.58. The number of hydrogen-bond donors (Lipinski definition) is 1. The summed E-state index contributed by atoms with van der Waals surface area (Å²) in [7, 11) is 0. The van der Waals surface area contributed by atoms with Gasteiger partial charge in [-0.2, -0.15) is 0 Å². The number of hydrogen-bond acceptors (Lipinski definition) is 4. The van der Waals surface area contributed by atoms with Gasteiger partial charge in [-0.1, -0.05) is 0 Å². The molecule has 0 unspecified atom stereocenters. The predicted molar refractivity (Wildman–Crippen MR) is 42.8 cm³/mol. The molecule has 5 nitrogen and oxygen atoms in total. The van der Waals surface area contributed by atoms with E-state index in [9.17, 15) is 4.79 Å². The lowest BCUT2D eigenvalue weighted by Crippen LogP contribution is -1.99. The fourth-order valence-corrected chi connectivity index (χ4v) is 1.03. The average molecular weight is 162 g/mol. The summed E-state index contributed by atoms with van der Waals surface area (Å²) >= 11 is 0. The molecule has 0 aliphatic rings. The van der Waals surface area contributed by atoms with Crippen molar-refractivity contribution in [3.05, 3.63) is 24.2 Å². The highest BCUT2D eigenvalue weighted by molar-refractivity contribution is 5.77. The molecule has 0 bridgehead atoms. The molecule has 0 amide bonds. The standard InChI is InChI=1S/C7H6N4O/c8-7-10-4-9-6-1-5(3-12)2-11(6)7/h1-4H,(H2,8,9,10). The zero-order valence-corrected chi connectivity index (χ0v) is 6.14. The average Bonchev–Trinajstić information content (AvgIpc) is 2.49. The first-order valence-corrected chi connectivity index (χ1v) is 3.35. The molecular formula is C7H6N4O. The molecule has 0 saturated heterocycles. The Morgan fingerprint density at radius 2 is 2.33 bits per heavy atom. The van der Waals surface area contributed by atoms with E-state index in [4.69, 9.17) is 5.73 Å². The van der Waals surface area contributed by atoms with Crippen molar-refractivity contribution in [2.24, 2.45) is 0 Å². The van der Waals surface area contributed by atoms with Gasteiger partial charge >= 0.3 is 0 Å². The van der Waals surface area contributed by atoms with Crippen molar-refractivity contribution in [1.82, 2.24) is 14.4 Å². The van der Waals surface area contributed by atoms with E-state index >= 15 is 0 Å². The minimum atomic E-state index is 0.327. The Morgan fingerprint density at radius 3 is 3.00 bits per heavy atom. The summed E-state index contributed by atoms with van der Waals surface area (Å²) in [6.45, 7) is 0. The number of carbonyl (C=O) groups excluding carboxylic acids is 1. The third kappa shape index (κ3) is 0.833. The Morgan fingerprint density at radius 1 is 1.50 bits per heavy atom. The summed E-state index contributed by atoms with van der Waals surface area (Å²) in [5.41, 5.74) is 6.69. The lowest BCUT2D eigenvalue weighted by Gasteiger charge is -1.94. The van der Waals surface area contributed by atoms with Gasteiger partial charge in [0.15, 0.2) is 6.29 Å². The summed E-state index contributed by atoms with van der Waals surface area (Å²) in [6.07, 6.45) is 3.70. The molecule has 2 aromatic heterocycles. The zero-order valence-electron chi connectivity index (χ0n) is 6.14. The fraction of sp³-hybridized carbons (Fsp3) is 0. The number of rotatable bonds is 1. The maximum absolute atomic E-state index is 10.4.